The second-order valence-corrected chi connectivity index (χ2v) is 5.07. The van der Waals surface area contributed by atoms with E-state index in [-0.39, 0.29) is 0 Å². The smallest absolute Gasteiger partial charge is 0.0348 e. The predicted octanol–water partition coefficient (Wildman–Crippen LogP) is 6.63. The predicted molar refractivity (Wildman–Crippen MR) is 84.7 cm³/mol. The Morgan fingerprint density at radius 1 is 0.611 bits per heavy atom. The van der Waals surface area contributed by atoms with Gasteiger partial charge < -0.3 is 0 Å². The van der Waals surface area contributed by atoms with Crippen molar-refractivity contribution >= 4 is 0 Å². The lowest BCUT2D eigenvalue weighted by molar-refractivity contribution is 0.611. The molecule has 0 aliphatic rings. The minimum absolute atomic E-state index is 1.02. The van der Waals surface area contributed by atoms with Gasteiger partial charge in [-0.15, -0.1) is 0 Å². The van der Waals surface area contributed by atoms with Crippen molar-refractivity contribution in [2.75, 3.05) is 0 Å². The Bertz CT molecular complexity index is 188. The number of allylic oxidation sites excluding steroid dienone is 4. The summed E-state index contributed by atoms with van der Waals surface area (Å²) < 4.78 is 0. The van der Waals surface area contributed by atoms with Gasteiger partial charge in [0, 0.05) is 0 Å². The Morgan fingerprint density at radius 3 is 1.72 bits per heavy atom. The van der Waals surface area contributed by atoms with Crippen LogP contribution in [0, 0.1) is 6.92 Å². The molecule has 0 aromatic heterocycles. The Labute approximate surface area is 116 Å². The average molecular weight is 249 g/mol. The fourth-order valence-electron chi connectivity index (χ4n) is 1.99. The lowest BCUT2D eigenvalue weighted by atomic mass is 10.1. The molecule has 18 heavy (non-hydrogen) atoms. The van der Waals surface area contributed by atoms with Gasteiger partial charge in [0.05, 0.1) is 0 Å². The molecule has 0 heteroatoms. The van der Waals surface area contributed by atoms with E-state index in [0.717, 1.165) is 12.8 Å². The summed E-state index contributed by atoms with van der Waals surface area (Å²) in [5.74, 6) is 0. The zero-order valence-electron chi connectivity index (χ0n) is 12.5. The summed E-state index contributed by atoms with van der Waals surface area (Å²) in [6, 6.07) is 0. The molecule has 0 aliphatic carbocycles. The maximum atomic E-state index is 3.82. The minimum atomic E-state index is 1.02. The van der Waals surface area contributed by atoms with E-state index in [1.165, 1.54) is 64.2 Å². The Balaban J connectivity index is 3.09. The molecule has 0 nitrogen and oxygen atoms in total. The molecule has 0 N–H and O–H groups in total. The van der Waals surface area contributed by atoms with E-state index in [0.29, 0.717) is 0 Å². The van der Waals surface area contributed by atoms with Crippen molar-refractivity contribution in [2.24, 2.45) is 0 Å². The first-order valence-electron chi connectivity index (χ1n) is 8.01. The first kappa shape index (κ1) is 17.5. The highest BCUT2D eigenvalue weighted by molar-refractivity contribution is 4.85. The van der Waals surface area contributed by atoms with Crippen LogP contribution in [-0.4, -0.2) is 0 Å². The highest BCUT2D eigenvalue weighted by Crippen LogP contribution is 2.07. The summed E-state index contributed by atoms with van der Waals surface area (Å²) in [5.41, 5.74) is 0. The quantitative estimate of drug-likeness (QED) is 0.254. The van der Waals surface area contributed by atoms with Crippen LogP contribution < -0.4 is 0 Å². The third-order valence-corrected chi connectivity index (χ3v) is 3.17. The van der Waals surface area contributed by atoms with Gasteiger partial charge in [0.1, 0.15) is 0 Å². The van der Waals surface area contributed by atoms with Crippen molar-refractivity contribution in [2.45, 2.75) is 84.0 Å². The van der Waals surface area contributed by atoms with Gasteiger partial charge in [0.2, 0.25) is 0 Å². The van der Waals surface area contributed by atoms with Crippen LogP contribution >= 0.6 is 0 Å². The van der Waals surface area contributed by atoms with Crippen molar-refractivity contribution in [1.82, 2.24) is 0 Å². The first-order valence-corrected chi connectivity index (χ1v) is 8.01. The van der Waals surface area contributed by atoms with Crippen LogP contribution in [0.15, 0.2) is 24.3 Å². The fourth-order valence-corrected chi connectivity index (χ4v) is 1.99. The Kier molecular flexibility index (Phi) is 16.0. The standard InChI is InChI=1S/C18H33/c1-3-5-7-9-11-13-15-17-18-16-14-12-10-8-6-4-2/h7,9,17-18H,1,3-6,8,10-16H2,2H3. The lowest BCUT2D eigenvalue weighted by Crippen LogP contribution is -1.77. The zero-order chi connectivity index (χ0) is 13.3. The maximum Gasteiger partial charge on any atom is -0.0348 e. The number of rotatable bonds is 13. The molecule has 0 atom stereocenters. The Hall–Kier alpha value is -0.520. The van der Waals surface area contributed by atoms with Crippen LogP contribution in [0.4, 0.5) is 0 Å². The van der Waals surface area contributed by atoms with Crippen molar-refractivity contribution in [3.05, 3.63) is 31.2 Å². The molecule has 1 radical (unpaired) electrons. The number of hydrogen-bond donors (Lipinski definition) is 0. The molecular formula is C18H33. The van der Waals surface area contributed by atoms with Crippen molar-refractivity contribution in [3.8, 4) is 0 Å². The molecule has 0 aromatic rings. The molecule has 0 fully saturated rings. The van der Waals surface area contributed by atoms with Gasteiger partial charge in [-0.2, -0.15) is 0 Å². The second kappa shape index (κ2) is 16.5. The van der Waals surface area contributed by atoms with Gasteiger partial charge in [-0.05, 0) is 44.9 Å². The normalized spacial score (nSPS) is 11.9. The molecule has 0 bridgehead atoms. The van der Waals surface area contributed by atoms with Crippen molar-refractivity contribution in [3.63, 3.8) is 0 Å². The lowest BCUT2D eigenvalue weighted by Gasteiger charge is -1.97. The largest absolute Gasteiger partial charge is 0.0885 e. The summed E-state index contributed by atoms with van der Waals surface area (Å²) in [7, 11) is 0. The third kappa shape index (κ3) is 15.5. The highest BCUT2D eigenvalue weighted by Gasteiger charge is 1.88. The van der Waals surface area contributed by atoms with Gasteiger partial charge in [0.25, 0.3) is 0 Å². The minimum Gasteiger partial charge on any atom is -0.0885 e. The SMILES string of the molecule is [CH2]CCC=CCCCC=CCCCCCCCC. The molecule has 105 valence electrons. The van der Waals surface area contributed by atoms with Crippen molar-refractivity contribution in [1.29, 1.82) is 0 Å². The van der Waals surface area contributed by atoms with Crippen molar-refractivity contribution < 1.29 is 0 Å². The third-order valence-electron chi connectivity index (χ3n) is 3.17. The molecule has 0 aromatic carbocycles. The monoisotopic (exact) mass is 249 g/mol. The van der Waals surface area contributed by atoms with E-state index in [4.69, 9.17) is 0 Å². The molecule has 0 rings (SSSR count). The summed E-state index contributed by atoms with van der Waals surface area (Å²) in [6.07, 6.45) is 24.9. The molecular weight excluding hydrogens is 216 g/mol. The van der Waals surface area contributed by atoms with E-state index < -0.39 is 0 Å². The van der Waals surface area contributed by atoms with Crippen LogP contribution in [0.25, 0.3) is 0 Å². The molecule has 0 spiro atoms. The number of hydrogen-bond acceptors (Lipinski definition) is 0. The Morgan fingerprint density at radius 2 is 1.11 bits per heavy atom. The average Bonchev–Trinajstić information content (AvgIpc) is 2.39. The summed E-state index contributed by atoms with van der Waals surface area (Å²) >= 11 is 0. The molecule has 0 heterocycles. The molecule has 0 aliphatic heterocycles. The van der Waals surface area contributed by atoms with E-state index >= 15 is 0 Å². The molecule has 0 amide bonds. The van der Waals surface area contributed by atoms with Gasteiger partial charge in [-0.3, -0.25) is 0 Å². The maximum absolute atomic E-state index is 3.82. The van der Waals surface area contributed by atoms with Crippen LogP contribution in [0.2, 0.25) is 0 Å². The van der Waals surface area contributed by atoms with Gasteiger partial charge in [0.15, 0.2) is 0 Å². The van der Waals surface area contributed by atoms with Crippen LogP contribution in [0.1, 0.15) is 84.0 Å². The summed E-state index contributed by atoms with van der Waals surface area (Å²) in [5, 5.41) is 0. The fraction of sp³-hybridized carbons (Fsp3) is 0.722. The topological polar surface area (TPSA) is 0 Å². The molecule has 0 saturated carbocycles. The van der Waals surface area contributed by atoms with E-state index in [2.05, 4.69) is 38.2 Å². The van der Waals surface area contributed by atoms with Crippen LogP contribution in [0.3, 0.4) is 0 Å². The molecule has 0 saturated heterocycles. The zero-order valence-corrected chi connectivity index (χ0v) is 12.5. The van der Waals surface area contributed by atoms with Gasteiger partial charge >= 0.3 is 0 Å². The van der Waals surface area contributed by atoms with Gasteiger partial charge in [-0.25, -0.2) is 0 Å². The van der Waals surface area contributed by atoms with E-state index in [1.54, 1.807) is 0 Å². The van der Waals surface area contributed by atoms with Crippen LogP contribution in [0.5, 0.6) is 0 Å². The van der Waals surface area contributed by atoms with Gasteiger partial charge in [-0.1, -0.05) is 70.3 Å². The summed E-state index contributed by atoms with van der Waals surface area (Å²) in [4.78, 5) is 0. The highest BCUT2D eigenvalue weighted by atomic mass is 13.9. The van der Waals surface area contributed by atoms with E-state index in [9.17, 15) is 0 Å². The number of unbranched alkanes of at least 4 members (excludes halogenated alkanes) is 9. The van der Waals surface area contributed by atoms with Crippen LogP contribution in [-0.2, 0) is 0 Å². The molecule has 0 unspecified atom stereocenters. The van der Waals surface area contributed by atoms with E-state index in [1.807, 2.05) is 0 Å². The first-order chi connectivity index (χ1) is 8.91. The summed E-state index contributed by atoms with van der Waals surface area (Å²) in [6.45, 7) is 6.10. The second-order valence-electron chi connectivity index (χ2n) is 5.07.